The third-order valence-electron chi connectivity index (χ3n) is 14.8. The molecular formula is C58H121N5O4. The van der Waals surface area contributed by atoms with E-state index in [4.69, 9.17) is 0 Å². The molecule has 0 aromatic heterocycles. The summed E-state index contributed by atoms with van der Waals surface area (Å²) in [7, 11) is 0. The van der Waals surface area contributed by atoms with Crippen LogP contribution in [0.15, 0.2) is 0 Å². The highest BCUT2D eigenvalue weighted by Crippen LogP contribution is 2.16. The topological polar surface area (TPSA) is 106 Å². The molecule has 5 N–H and O–H groups in total. The van der Waals surface area contributed by atoms with Crippen molar-refractivity contribution in [2.75, 3.05) is 91.6 Å². The summed E-state index contributed by atoms with van der Waals surface area (Å²) in [6.07, 6.45) is 43.3. The lowest BCUT2D eigenvalue weighted by Gasteiger charge is -2.36. The molecule has 0 aromatic rings. The fraction of sp³-hybridized carbons (Fsp3) is 1.00. The Morgan fingerprint density at radius 3 is 0.881 bits per heavy atom. The number of nitrogens with one attached hydrogen (secondary N) is 1. The number of nitrogens with zero attached hydrogens (tertiary/aromatic N) is 4. The first-order chi connectivity index (χ1) is 32.8. The molecule has 1 saturated heterocycles. The number of hydrogen-bond donors (Lipinski definition) is 5. The average Bonchev–Trinajstić information content (AvgIpc) is 3.31. The standard InChI is InChI=1S/C58H121N5O4/c1-5-9-13-17-21-25-29-33-37-55(64)51-62(52-56(65)38-34-30-26-22-18-14-10-6-2)44-42-59-41-43-60-45-47-61(48-46-60)49-50-63(53-57(66)39-35-31-27-23-19-15-11-7-3)54-58(67)40-36-32-28-24-20-16-12-8-4/h55-59,64-67H,5-54H2,1-4H3. The molecule has 9 heteroatoms. The average molecular weight is 953 g/mol. The van der Waals surface area contributed by atoms with E-state index >= 15 is 0 Å². The Morgan fingerprint density at radius 2 is 0.582 bits per heavy atom. The quantitative estimate of drug-likeness (QED) is 0.0381. The number of rotatable bonds is 53. The van der Waals surface area contributed by atoms with Gasteiger partial charge in [0.25, 0.3) is 0 Å². The van der Waals surface area contributed by atoms with Crippen molar-refractivity contribution in [2.45, 2.75) is 283 Å². The van der Waals surface area contributed by atoms with E-state index < -0.39 is 0 Å². The minimum atomic E-state index is -0.326. The van der Waals surface area contributed by atoms with Crippen LogP contribution in [0.3, 0.4) is 0 Å². The molecule has 0 aliphatic carbocycles. The van der Waals surface area contributed by atoms with E-state index in [0.717, 1.165) is 117 Å². The molecule has 1 aliphatic heterocycles. The minimum Gasteiger partial charge on any atom is -0.392 e. The molecule has 0 radical (unpaired) electrons. The molecule has 1 aliphatic rings. The molecule has 4 atom stereocenters. The number of piperazine rings is 1. The summed E-state index contributed by atoms with van der Waals surface area (Å²) < 4.78 is 0. The van der Waals surface area contributed by atoms with Crippen LogP contribution in [0.1, 0.15) is 259 Å². The van der Waals surface area contributed by atoms with Crippen LogP contribution >= 0.6 is 0 Å². The summed E-state index contributed by atoms with van der Waals surface area (Å²) in [4.78, 5) is 9.87. The summed E-state index contributed by atoms with van der Waals surface area (Å²) in [5.74, 6) is 0. The smallest absolute Gasteiger partial charge is 0.0667 e. The third-order valence-corrected chi connectivity index (χ3v) is 14.8. The number of unbranched alkanes of at least 4 members (excludes halogenated alkanes) is 28. The van der Waals surface area contributed by atoms with Crippen LogP contribution in [0.4, 0.5) is 0 Å². The first-order valence-electron chi connectivity index (χ1n) is 30.1. The molecule has 4 unspecified atom stereocenters. The highest BCUT2D eigenvalue weighted by Gasteiger charge is 2.21. The normalized spacial score (nSPS) is 15.9. The summed E-state index contributed by atoms with van der Waals surface area (Å²) >= 11 is 0. The van der Waals surface area contributed by atoms with Gasteiger partial charge in [-0.2, -0.15) is 0 Å². The maximum atomic E-state index is 11.1. The van der Waals surface area contributed by atoms with Gasteiger partial charge in [-0.15, -0.1) is 0 Å². The van der Waals surface area contributed by atoms with Crippen molar-refractivity contribution in [3.63, 3.8) is 0 Å². The van der Waals surface area contributed by atoms with Gasteiger partial charge in [-0.3, -0.25) is 19.6 Å². The van der Waals surface area contributed by atoms with E-state index in [-0.39, 0.29) is 24.4 Å². The lowest BCUT2D eigenvalue weighted by atomic mass is 10.0. The molecule has 0 spiro atoms. The zero-order valence-electron chi connectivity index (χ0n) is 45.7. The van der Waals surface area contributed by atoms with Gasteiger partial charge in [0.1, 0.15) is 0 Å². The Hall–Kier alpha value is -0.360. The molecular weight excluding hydrogens is 831 g/mol. The lowest BCUT2D eigenvalue weighted by Crippen LogP contribution is -2.50. The predicted octanol–water partition coefficient (Wildman–Crippen LogP) is 12.4. The van der Waals surface area contributed by atoms with Gasteiger partial charge in [-0.1, -0.05) is 233 Å². The molecule has 0 saturated carbocycles. The number of hydrogen-bond acceptors (Lipinski definition) is 9. The fourth-order valence-corrected chi connectivity index (χ4v) is 10.2. The van der Waals surface area contributed by atoms with Crippen LogP contribution in [0.25, 0.3) is 0 Å². The molecule has 67 heavy (non-hydrogen) atoms. The van der Waals surface area contributed by atoms with Crippen molar-refractivity contribution in [3.8, 4) is 0 Å². The highest BCUT2D eigenvalue weighted by molar-refractivity contribution is 4.77. The highest BCUT2D eigenvalue weighted by atomic mass is 16.3. The van der Waals surface area contributed by atoms with Gasteiger partial charge >= 0.3 is 0 Å². The van der Waals surface area contributed by atoms with Gasteiger partial charge in [-0.05, 0) is 25.7 Å². The Labute approximate surface area is 418 Å². The van der Waals surface area contributed by atoms with Crippen molar-refractivity contribution in [3.05, 3.63) is 0 Å². The zero-order chi connectivity index (χ0) is 48.7. The van der Waals surface area contributed by atoms with E-state index in [1.807, 2.05) is 0 Å². The van der Waals surface area contributed by atoms with E-state index in [1.54, 1.807) is 0 Å². The molecule has 0 aromatic carbocycles. The fourth-order valence-electron chi connectivity index (χ4n) is 10.2. The Balaban J connectivity index is 2.51. The van der Waals surface area contributed by atoms with Crippen LogP contribution in [0, 0.1) is 0 Å². The largest absolute Gasteiger partial charge is 0.392 e. The summed E-state index contributed by atoms with van der Waals surface area (Å²) in [6, 6.07) is 0. The Kier molecular flexibility index (Phi) is 47.5. The third kappa shape index (κ3) is 43.0. The van der Waals surface area contributed by atoms with Gasteiger partial charge in [0, 0.05) is 91.6 Å². The minimum absolute atomic E-state index is 0.318. The maximum Gasteiger partial charge on any atom is 0.0667 e. The summed E-state index contributed by atoms with van der Waals surface area (Å²) in [6.45, 7) is 21.7. The molecule has 0 amide bonds. The first-order valence-corrected chi connectivity index (χ1v) is 30.1. The second-order valence-electron chi connectivity index (χ2n) is 21.6. The second-order valence-corrected chi connectivity index (χ2v) is 21.6. The van der Waals surface area contributed by atoms with Gasteiger partial charge < -0.3 is 25.7 Å². The SMILES string of the molecule is CCCCCCCCCCC(O)CN(CCNCCN1CCN(CCN(CC(O)CCCCCCCCCC)CC(O)CCCCCCCCCC)CC1)CC(O)CCCCCCCCCC. The molecule has 1 rings (SSSR count). The van der Waals surface area contributed by atoms with E-state index in [0.29, 0.717) is 26.2 Å². The summed E-state index contributed by atoms with van der Waals surface area (Å²) in [5.41, 5.74) is 0. The van der Waals surface area contributed by atoms with E-state index in [2.05, 4.69) is 52.6 Å². The monoisotopic (exact) mass is 952 g/mol. The van der Waals surface area contributed by atoms with Crippen molar-refractivity contribution >= 4 is 0 Å². The van der Waals surface area contributed by atoms with Crippen LogP contribution in [0.2, 0.25) is 0 Å². The van der Waals surface area contributed by atoms with Gasteiger partial charge in [-0.25, -0.2) is 0 Å². The van der Waals surface area contributed by atoms with Gasteiger partial charge in [0.2, 0.25) is 0 Å². The zero-order valence-corrected chi connectivity index (χ0v) is 45.7. The van der Waals surface area contributed by atoms with E-state index in [9.17, 15) is 20.4 Å². The predicted molar refractivity (Wildman–Crippen MR) is 292 cm³/mol. The first kappa shape index (κ1) is 64.7. The van der Waals surface area contributed by atoms with Crippen molar-refractivity contribution in [1.82, 2.24) is 24.9 Å². The number of aliphatic hydroxyl groups is 4. The Morgan fingerprint density at radius 1 is 0.328 bits per heavy atom. The van der Waals surface area contributed by atoms with Crippen LogP contribution < -0.4 is 5.32 Å². The van der Waals surface area contributed by atoms with Crippen molar-refractivity contribution in [2.24, 2.45) is 0 Å². The van der Waals surface area contributed by atoms with Crippen LogP contribution in [-0.2, 0) is 0 Å². The van der Waals surface area contributed by atoms with Crippen LogP contribution in [0.5, 0.6) is 0 Å². The molecule has 1 fully saturated rings. The Bertz CT molecular complexity index is 915. The molecule has 9 nitrogen and oxygen atoms in total. The maximum absolute atomic E-state index is 11.1. The van der Waals surface area contributed by atoms with Gasteiger partial charge in [0.15, 0.2) is 0 Å². The molecule has 402 valence electrons. The van der Waals surface area contributed by atoms with Crippen molar-refractivity contribution in [1.29, 1.82) is 0 Å². The van der Waals surface area contributed by atoms with Crippen LogP contribution in [-0.4, -0.2) is 156 Å². The molecule has 1 heterocycles. The second kappa shape index (κ2) is 49.2. The molecule has 0 bridgehead atoms. The van der Waals surface area contributed by atoms with Crippen molar-refractivity contribution < 1.29 is 20.4 Å². The van der Waals surface area contributed by atoms with Gasteiger partial charge in [0.05, 0.1) is 24.4 Å². The summed E-state index contributed by atoms with van der Waals surface area (Å²) in [5, 5.41) is 48.0. The lowest BCUT2D eigenvalue weighted by molar-refractivity contribution is 0.0497. The number of aliphatic hydroxyl groups excluding tert-OH is 4. The van der Waals surface area contributed by atoms with E-state index in [1.165, 1.54) is 180 Å².